The largest absolute Gasteiger partial charge is 0.492 e. The van der Waals surface area contributed by atoms with Crippen molar-refractivity contribution in [3.8, 4) is 5.75 Å². The van der Waals surface area contributed by atoms with Crippen molar-refractivity contribution < 1.29 is 29.3 Å². The first-order chi connectivity index (χ1) is 17.5. The Hall–Kier alpha value is -3.97. The Bertz CT molecular complexity index is 1260. The summed E-state index contributed by atoms with van der Waals surface area (Å²) in [5.41, 5.74) is 6.46. The smallest absolute Gasteiger partial charge is 0.407 e. The molecule has 198 valence electrons. The van der Waals surface area contributed by atoms with Crippen LogP contribution in [0.4, 0.5) is 10.6 Å². The minimum Gasteiger partial charge on any atom is -0.492 e. The molecule has 0 spiro atoms. The van der Waals surface area contributed by atoms with Gasteiger partial charge < -0.3 is 40.6 Å². The van der Waals surface area contributed by atoms with E-state index in [1.54, 1.807) is 49.6 Å². The van der Waals surface area contributed by atoms with Gasteiger partial charge in [0.1, 0.15) is 42.0 Å². The first-order valence-electron chi connectivity index (χ1n) is 11.8. The van der Waals surface area contributed by atoms with Gasteiger partial charge in [0.25, 0.3) is 5.91 Å². The van der Waals surface area contributed by atoms with Crippen molar-refractivity contribution in [2.45, 2.75) is 57.1 Å². The first-order valence-corrected chi connectivity index (χ1v) is 11.8. The average Bonchev–Trinajstić information content (AvgIpc) is 3.38. The second-order valence-corrected chi connectivity index (χ2v) is 9.75. The van der Waals surface area contributed by atoms with E-state index in [0.717, 1.165) is 0 Å². The molecule has 0 unspecified atom stereocenters. The van der Waals surface area contributed by atoms with Crippen LogP contribution in [0.5, 0.6) is 5.75 Å². The molecular weight excluding hydrogens is 482 g/mol. The number of aromatic nitrogens is 4. The molecular formula is C24H31N7O6. The number of carbonyl (C=O) groups is 2. The number of benzene rings is 1. The number of rotatable bonds is 7. The van der Waals surface area contributed by atoms with E-state index in [1.165, 1.54) is 12.7 Å². The normalized spacial score (nSPS) is 21.5. The second-order valence-electron chi connectivity index (χ2n) is 9.75. The topological polar surface area (TPSA) is 187 Å². The van der Waals surface area contributed by atoms with Gasteiger partial charge >= 0.3 is 6.09 Å². The highest BCUT2D eigenvalue weighted by atomic mass is 16.6. The third-order valence-electron chi connectivity index (χ3n) is 5.87. The van der Waals surface area contributed by atoms with Gasteiger partial charge in [-0.3, -0.25) is 4.79 Å². The molecule has 0 saturated heterocycles. The van der Waals surface area contributed by atoms with Crippen LogP contribution in [0.1, 0.15) is 43.6 Å². The zero-order valence-electron chi connectivity index (χ0n) is 20.8. The Kier molecular flexibility index (Phi) is 7.45. The summed E-state index contributed by atoms with van der Waals surface area (Å²) in [6.45, 7) is 5.81. The van der Waals surface area contributed by atoms with E-state index in [1.807, 2.05) is 0 Å². The van der Waals surface area contributed by atoms with Crippen molar-refractivity contribution in [1.29, 1.82) is 0 Å². The van der Waals surface area contributed by atoms with Crippen LogP contribution in [0.3, 0.4) is 0 Å². The number of aliphatic hydroxyl groups excluding tert-OH is 2. The van der Waals surface area contributed by atoms with Gasteiger partial charge in [-0.25, -0.2) is 19.7 Å². The van der Waals surface area contributed by atoms with E-state index in [9.17, 15) is 19.8 Å². The number of fused-ring (bicyclic) bond motifs is 1. The first kappa shape index (κ1) is 26.1. The SMILES string of the molecule is CC(C)(C)OC(=O)NCCOc1ccc(C(=O)N[C@@H]2C[C@H](n3cnc4c(N)ncnc43)[C@H](O)[C@@H]2O)cc1. The fourth-order valence-electron chi connectivity index (χ4n) is 4.13. The maximum Gasteiger partial charge on any atom is 0.407 e. The van der Waals surface area contributed by atoms with E-state index < -0.39 is 41.9 Å². The number of ether oxygens (including phenoxy) is 2. The van der Waals surface area contributed by atoms with Crippen molar-refractivity contribution in [2.75, 3.05) is 18.9 Å². The van der Waals surface area contributed by atoms with Crippen LogP contribution in [-0.2, 0) is 4.74 Å². The number of carbonyl (C=O) groups excluding carboxylic acids is 2. The lowest BCUT2D eigenvalue weighted by molar-refractivity contribution is 0.0143. The van der Waals surface area contributed by atoms with Crippen LogP contribution in [0.15, 0.2) is 36.9 Å². The highest BCUT2D eigenvalue weighted by Gasteiger charge is 2.43. The molecule has 6 N–H and O–H groups in total. The monoisotopic (exact) mass is 513 g/mol. The number of nitrogen functional groups attached to an aromatic ring is 1. The molecule has 1 aromatic carbocycles. The number of amides is 2. The number of nitrogens with zero attached hydrogens (tertiary/aromatic N) is 4. The van der Waals surface area contributed by atoms with E-state index in [4.69, 9.17) is 15.2 Å². The van der Waals surface area contributed by atoms with Crippen molar-refractivity contribution in [3.05, 3.63) is 42.5 Å². The predicted octanol–water partition coefficient (Wildman–Crippen LogP) is 0.777. The highest BCUT2D eigenvalue weighted by molar-refractivity contribution is 5.94. The molecule has 0 aliphatic heterocycles. The molecule has 1 aliphatic rings. The van der Waals surface area contributed by atoms with Gasteiger partial charge in [0.05, 0.1) is 25.0 Å². The molecule has 37 heavy (non-hydrogen) atoms. The number of anilines is 1. The molecule has 13 nitrogen and oxygen atoms in total. The molecule has 1 aliphatic carbocycles. The van der Waals surface area contributed by atoms with Gasteiger partial charge in [-0.05, 0) is 51.5 Å². The number of nitrogens with two attached hydrogens (primary N) is 1. The van der Waals surface area contributed by atoms with E-state index in [0.29, 0.717) is 22.5 Å². The van der Waals surface area contributed by atoms with Gasteiger partial charge in [-0.2, -0.15) is 0 Å². The number of nitrogens with one attached hydrogen (secondary N) is 2. The number of imidazole rings is 1. The Morgan fingerprint density at radius 2 is 1.86 bits per heavy atom. The lowest BCUT2D eigenvalue weighted by atomic mass is 10.1. The molecule has 1 saturated carbocycles. The maximum atomic E-state index is 12.8. The minimum absolute atomic E-state index is 0.216. The summed E-state index contributed by atoms with van der Waals surface area (Å²) in [5.74, 6) is 0.331. The van der Waals surface area contributed by atoms with Crippen LogP contribution in [0.25, 0.3) is 11.2 Å². The van der Waals surface area contributed by atoms with Gasteiger partial charge in [0, 0.05) is 5.56 Å². The van der Waals surface area contributed by atoms with Gasteiger partial charge in [0.15, 0.2) is 11.5 Å². The molecule has 3 aromatic rings. The Labute approximate surface area is 213 Å². The van der Waals surface area contributed by atoms with E-state index >= 15 is 0 Å². The summed E-state index contributed by atoms with van der Waals surface area (Å²) >= 11 is 0. The third kappa shape index (κ3) is 6.06. The lowest BCUT2D eigenvalue weighted by Gasteiger charge is -2.19. The van der Waals surface area contributed by atoms with Crippen molar-refractivity contribution >= 4 is 29.0 Å². The number of hydrogen-bond acceptors (Lipinski definition) is 10. The second kappa shape index (κ2) is 10.6. The minimum atomic E-state index is -1.19. The molecule has 4 atom stereocenters. The Morgan fingerprint density at radius 1 is 1.14 bits per heavy atom. The maximum absolute atomic E-state index is 12.8. The van der Waals surface area contributed by atoms with E-state index in [2.05, 4.69) is 25.6 Å². The third-order valence-corrected chi connectivity index (χ3v) is 5.87. The summed E-state index contributed by atoms with van der Waals surface area (Å²) in [5, 5.41) is 26.7. The summed E-state index contributed by atoms with van der Waals surface area (Å²) < 4.78 is 12.4. The molecule has 0 radical (unpaired) electrons. The van der Waals surface area contributed by atoms with Crippen LogP contribution in [-0.4, -0.2) is 78.7 Å². The van der Waals surface area contributed by atoms with E-state index in [-0.39, 0.29) is 25.4 Å². The fourth-order valence-corrected chi connectivity index (χ4v) is 4.13. The molecule has 2 heterocycles. The highest BCUT2D eigenvalue weighted by Crippen LogP contribution is 2.33. The molecule has 0 bridgehead atoms. The quantitative estimate of drug-likeness (QED) is 0.283. The Morgan fingerprint density at radius 3 is 2.57 bits per heavy atom. The summed E-state index contributed by atoms with van der Waals surface area (Å²) in [6.07, 6.45) is 0.188. The molecule has 1 fully saturated rings. The summed E-state index contributed by atoms with van der Waals surface area (Å²) in [6, 6.07) is 5.18. The number of aliphatic hydroxyl groups is 2. The number of alkyl carbamates (subject to hydrolysis) is 1. The van der Waals surface area contributed by atoms with Crippen LogP contribution < -0.4 is 21.1 Å². The summed E-state index contributed by atoms with van der Waals surface area (Å²) in [7, 11) is 0. The number of hydrogen-bond donors (Lipinski definition) is 5. The van der Waals surface area contributed by atoms with Crippen LogP contribution >= 0.6 is 0 Å². The average molecular weight is 514 g/mol. The molecule has 4 rings (SSSR count). The zero-order valence-corrected chi connectivity index (χ0v) is 20.8. The molecule has 13 heteroatoms. The van der Waals surface area contributed by atoms with Gasteiger partial charge in [-0.1, -0.05) is 0 Å². The summed E-state index contributed by atoms with van der Waals surface area (Å²) in [4.78, 5) is 36.8. The van der Waals surface area contributed by atoms with Crippen molar-refractivity contribution in [1.82, 2.24) is 30.2 Å². The zero-order chi connectivity index (χ0) is 26.7. The van der Waals surface area contributed by atoms with Crippen LogP contribution in [0, 0.1) is 0 Å². The van der Waals surface area contributed by atoms with Gasteiger partial charge in [-0.15, -0.1) is 0 Å². The Balaban J connectivity index is 1.30. The van der Waals surface area contributed by atoms with Crippen molar-refractivity contribution in [2.24, 2.45) is 0 Å². The molecule has 2 amide bonds. The standard InChI is InChI=1S/C24H31N7O6/c1-24(2,3)37-23(35)26-8-9-36-14-6-4-13(5-7-14)22(34)30-15-10-16(19(33)18(15)32)31-12-29-17-20(25)27-11-28-21(17)31/h4-7,11-12,15-16,18-19,32-33H,8-10H2,1-3H3,(H,26,35)(H,30,34)(H2,25,27,28)/t15-,16+,18-,19+/m1/s1. The lowest BCUT2D eigenvalue weighted by Crippen LogP contribution is -2.43. The predicted molar refractivity (Wildman–Crippen MR) is 133 cm³/mol. The fraction of sp³-hybridized carbons (Fsp3) is 0.458. The van der Waals surface area contributed by atoms with Gasteiger partial charge in [0.2, 0.25) is 0 Å². The van der Waals surface area contributed by atoms with Crippen LogP contribution in [0.2, 0.25) is 0 Å². The molecule has 2 aromatic heterocycles. The van der Waals surface area contributed by atoms with Crippen molar-refractivity contribution in [3.63, 3.8) is 0 Å².